The highest BCUT2D eigenvalue weighted by Crippen LogP contribution is 2.30. The summed E-state index contributed by atoms with van der Waals surface area (Å²) in [4.78, 5) is 8.07. The summed E-state index contributed by atoms with van der Waals surface area (Å²) >= 11 is 1.81. The van der Waals surface area contributed by atoms with E-state index in [1.807, 2.05) is 30.5 Å². The van der Waals surface area contributed by atoms with E-state index < -0.39 is 0 Å². The van der Waals surface area contributed by atoms with Crippen molar-refractivity contribution in [1.82, 2.24) is 4.98 Å². The number of thiophene rings is 1. The molecule has 0 aliphatic rings. The zero-order chi connectivity index (χ0) is 14.8. The smallest absolute Gasteiger partial charge is 0.0446 e. The van der Waals surface area contributed by atoms with Crippen molar-refractivity contribution in [3.8, 4) is 0 Å². The van der Waals surface area contributed by atoms with Gasteiger partial charge in [0, 0.05) is 52.5 Å². The van der Waals surface area contributed by atoms with Crippen LogP contribution in [0.3, 0.4) is 0 Å². The van der Waals surface area contributed by atoms with E-state index in [1.54, 1.807) is 0 Å². The molecule has 2 aromatic heterocycles. The van der Waals surface area contributed by atoms with Crippen LogP contribution in [0.4, 0.5) is 11.4 Å². The number of likely N-dealkylation sites (N-methyl/N-ethyl adjacent to an activating group) is 1. The summed E-state index contributed by atoms with van der Waals surface area (Å²) in [5, 5.41) is 4.33. The molecule has 2 N–H and O–H groups in total. The van der Waals surface area contributed by atoms with Crippen molar-refractivity contribution >= 4 is 33.5 Å². The lowest BCUT2D eigenvalue weighted by atomic mass is 10.1. The Morgan fingerprint density at radius 3 is 2.86 bits per heavy atom. The number of fused-ring (bicyclic) bond motifs is 1. The topological polar surface area (TPSA) is 42.1 Å². The van der Waals surface area contributed by atoms with Gasteiger partial charge in [0.15, 0.2) is 0 Å². The fourth-order valence-electron chi connectivity index (χ4n) is 2.54. The van der Waals surface area contributed by atoms with Gasteiger partial charge in [0.25, 0.3) is 0 Å². The van der Waals surface area contributed by atoms with E-state index in [1.165, 1.54) is 16.0 Å². The van der Waals surface area contributed by atoms with Gasteiger partial charge in [-0.15, -0.1) is 11.3 Å². The molecule has 0 unspecified atom stereocenters. The molecule has 0 bridgehead atoms. The number of aryl methyl sites for hydroxylation is 1. The first-order chi connectivity index (χ1) is 10.1. The molecule has 0 spiro atoms. The van der Waals surface area contributed by atoms with Crippen LogP contribution >= 0.6 is 11.3 Å². The van der Waals surface area contributed by atoms with Crippen molar-refractivity contribution in [3.63, 3.8) is 0 Å². The third-order valence-electron chi connectivity index (χ3n) is 3.73. The van der Waals surface area contributed by atoms with Crippen LogP contribution in [-0.4, -0.2) is 18.6 Å². The standard InChI is InChI=1S/C17H19N3S/c1-12-10-14-15(11-19-12)16(18)5-6-17(14)20(2)8-7-13-4-3-9-21-13/h3-6,9-11H,7-8,18H2,1-2H3. The van der Waals surface area contributed by atoms with Crippen molar-refractivity contribution in [2.45, 2.75) is 13.3 Å². The van der Waals surface area contributed by atoms with Crippen LogP contribution in [-0.2, 0) is 6.42 Å². The van der Waals surface area contributed by atoms with Crippen LogP contribution in [0.25, 0.3) is 10.8 Å². The van der Waals surface area contributed by atoms with E-state index in [4.69, 9.17) is 5.73 Å². The van der Waals surface area contributed by atoms with Crippen LogP contribution in [0.1, 0.15) is 10.6 Å². The molecule has 1 aromatic carbocycles. The van der Waals surface area contributed by atoms with Gasteiger partial charge in [0.05, 0.1) is 0 Å². The molecule has 0 saturated heterocycles. The van der Waals surface area contributed by atoms with Crippen LogP contribution < -0.4 is 10.6 Å². The van der Waals surface area contributed by atoms with Gasteiger partial charge in [-0.1, -0.05) is 6.07 Å². The van der Waals surface area contributed by atoms with E-state index in [2.05, 4.69) is 46.6 Å². The van der Waals surface area contributed by atoms with Gasteiger partial charge in [-0.2, -0.15) is 0 Å². The second-order valence-electron chi connectivity index (χ2n) is 5.30. The van der Waals surface area contributed by atoms with Crippen LogP contribution in [0.2, 0.25) is 0 Å². The molecule has 0 aliphatic heterocycles. The average Bonchev–Trinajstić information content (AvgIpc) is 2.98. The number of aromatic nitrogens is 1. The molecule has 0 amide bonds. The Balaban J connectivity index is 1.92. The summed E-state index contributed by atoms with van der Waals surface area (Å²) in [6.07, 6.45) is 2.93. The summed E-state index contributed by atoms with van der Waals surface area (Å²) in [5.74, 6) is 0. The molecule has 0 fully saturated rings. The van der Waals surface area contributed by atoms with Gasteiger partial charge in [0.1, 0.15) is 0 Å². The molecular formula is C17H19N3S. The van der Waals surface area contributed by atoms with Crippen molar-refractivity contribution in [1.29, 1.82) is 0 Å². The monoisotopic (exact) mass is 297 g/mol. The number of rotatable bonds is 4. The lowest BCUT2D eigenvalue weighted by Crippen LogP contribution is -2.20. The number of nitrogen functional groups attached to an aromatic ring is 1. The Kier molecular flexibility index (Phi) is 3.80. The number of hydrogen-bond donors (Lipinski definition) is 1. The molecule has 2 heterocycles. The maximum absolute atomic E-state index is 6.07. The molecule has 3 aromatic rings. The molecule has 0 radical (unpaired) electrons. The summed E-state index contributed by atoms with van der Waals surface area (Å²) < 4.78 is 0. The number of pyridine rings is 1. The number of benzene rings is 1. The van der Waals surface area contributed by atoms with Gasteiger partial charge in [-0.3, -0.25) is 4.98 Å². The highest BCUT2D eigenvalue weighted by molar-refractivity contribution is 7.09. The number of nitrogens with zero attached hydrogens (tertiary/aromatic N) is 2. The lowest BCUT2D eigenvalue weighted by molar-refractivity contribution is 0.891. The quantitative estimate of drug-likeness (QED) is 0.743. The second-order valence-corrected chi connectivity index (χ2v) is 6.33. The molecule has 4 heteroatoms. The van der Waals surface area contributed by atoms with E-state index in [0.717, 1.165) is 29.7 Å². The van der Waals surface area contributed by atoms with Crippen molar-refractivity contribution in [2.75, 3.05) is 24.2 Å². The number of anilines is 2. The average molecular weight is 297 g/mol. The fraction of sp³-hybridized carbons (Fsp3) is 0.235. The summed E-state index contributed by atoms with van der Waals surface area (Å²) in [6.45, 7) is 3.00. The number of hydrogen-bond acceptors (Lipinski definition) is 4. The summed E-state index contributed by atoms with van der Waals surface area (Å²) in [5.41, 5.74) is 9.08. The van der Waals surface area contributed by atoms with Crippen LogP contribution in [0.5, 0.6) is 0 Å². The predicted molar refractivity (Wildman–Crippen MR) is 92.2 cm³/mol. The zero-order valence-electron chi connectivity index (χ0n) is 12.3. The third-order valence-corrected chi connectivity index (χ3v) is 4.67. The maximum atomic E-state index is 6.07. The van der Waals surface area contributed by atoms with Gasteiger partial charge < -0.3 is 10.6 Å². The highest BCUT2D eigenvalue weighted by Gasteiger charge is 2.09. The normalized spacial score (nSPS) is 11.0. The fourth-order valence-corrected chi connectivity index (χ4v) is 3.23. The minimum absolute atomic E-state index is 0.785. The van der Waals surface area contributed by atoms with Crippen molar-refractivity contribution in [3.05, 3.63) is 52.5 Å². The van der Waals surface area contributed by atoms with Crippen LogP contribution in [0.15, 0.2) is 41.9 Å². The molecule has 0 aliphatic carbocycles. The van der Waals surface area contributed by atoms with E-state index in [9.17, 15) is 0 Å². The minimum Gasteiger partial charge on any atom is -0.398 e. The Morgan fingerprint density at radius 2 is 2.10 bits per heavy atom. The Morgan fingerprint density at radius 1 is 1.24 bits per heavy atom. The molecule has 3 rings (SSSR count). The van der Waals surface area contributed by atoms with Gasteiger partial charge >= 0.3 is 0 Å². The molecule has 21 heavy (non-hydrogen) atoms. The zero-order valence-corrected chi connectivity index (χ0v) is 13.2. The highest BCUT2D eigenvalue weighted by atomic mass is 32.1. The second kappa shape index (κ2) is 5.74. The molecule has 3 nitrogen and oxygen atoms in total. The third kappa shape index (κ3) is 2.85. The van der Waals surface area contributed by atoms with E-state index in [0.29, 0.717) is 0 Å². The van der Waals surface area contributed by atoms with Crippen molar-refractivity contribution in [2.24, 2.45) is 0 Å². The molecule has 0 saturated carbocycles. The first-order valence-corrected chi connectivity index (χ1v) is 7.91. The largest absolute Gasteiger partial charge is 0.398 e. The Bertz CT molecular complexity index is 750. The minimum atomic E-state index is 0.785. The Hall–Kier alpha value is -2.07. The van der Waals surface area contributed by atoms with Gasteiger partial charge in [-0.05, 0) is 43.0 Å². The summed E-state index contributed by atoms with van der Waals surface area (Å²) in [6, 6.07) is 10.5. The first kappa shape index (κ1) is 13.9. The van der Waals surface area contributed by atoms with E-state index in [-0.39, 0.29) is 0 Å². The lowest BCUT2D eigenvalue weighted by Gasteiger charge is -2.21. The Labute approximate surface area is 129 Å². The number of nitrogens with two attached hydrogens (primary N) is 1. The van der Waals surface area contributed by atoms with Gasteiger partial charge in [0.2, 0.25) is 0 Å². The predicted octanol–water partition coefficient (Wildman–Crippen LogP) is 3.87. The maximum Gasteiger partial charge on any atom is 0.0446 e. The SMILES string of the molecule is Cc1cc2c(N(C)CCc3cccs3)ccc(N)c2cn1. The molecular weight excluding hydrogens is 278 g/mol. The molecule has 0 atom stereocenters. The molecule has 108 valence electrons. The first-order valence-electron chi connectivity index (χ1n) is 7.03. The van der Waals surface area contributed by atoms with Crippen molar-refractivity contribution < 1.29 is 0 Å². The van der Waals surface area contributed by atoms with Crippen LogP contribution in [0, 0.1) is 6.92 Å². The van der Waals surface area contributed by atoms with Gasteiger partial charge in [-0.25, -0.2) is 0 Å². The summed E-state index contributed by atoms with van der Waals surface area (Å²) in [7, 11) is 2.13. The van der Waals surface area contributed by atoms with E-state index >= 15 is 0 Å².